The van der Waals surface area contributed by atoms with Crippen molar-refractivity contribution in [3.63, 3.8) is 0 Å². The first-order chi connectivity index (χ1) is 13.8. The molecule has 9 heteroatoms. The van der Waals surface area contributed by atoms with E-state index < -0.39 is 0 Å². The maximum absolute atomic E-state index is 12.4. The van der Waals surface area contributed by atoms with E-state index in [0.717, 1.165) is 38.5 Å². The topological polar surface area (TPSA) is 97.8 Å². The van der Waals surface area contributed by atoms with Gasteiger partial charge in [-0.2, -0.15) is 0 Å². The first-order valence-corrected chi connectivity index (χ1v) is 9.36. The number of hydrogen-bond donors (Lipinski definition) is 2. The lowest BCUT2D eigenvalue weighted by Crippen LogP contribution is -2.41. The zero-order valence-electron chi connectivity index (χ0n) is 15.5. The van der Waals surface area contributed by atoms with Gasteiger partial charge in [0.25, 0.3) is 5.91 Å². The number of anilines is 2. The van der Waals surface area contributed by atoms with E-state index in [0.29, 0.717) is 42.9 Å². The molecule has 0 aliphatic carbocycles. The minimum atomic E-state index is -0.221. The molecule has 1 aromatic carbocycles. The first kappa shape index (κ1) is 18.5. The van der Waals surface area contributed by atoms with Gasteiger partial charge in [-0.05, 0) is 18.2 Å². The van der Waals surface area contributed by atoms with Crippen molar-refractivity contribution in [3.05, 3.63) is 36.2 Å². The molecule has 0 unspecified atom stereocenters. The van der Waals surface area contributed by atoms with Crippen LogP contribution in [0.25, 0.3) is 0 Å². The van der Waals surface area contributed by atoms with Crippen molar-refractivity contribution in [2.45, 2.75) is 0 Å². The molecular formula is C19H23N5O4. The highest BCUT2D eigenvalue weighted by Crippen LogP contribution is 2.33. The fourth-order valence-corrected chi connectivity index (χ4v) is 3.04. The van der Waals surface area contributed by atoms with Crippen molar-refractivity contribution >= 4 is 17.5 Å². The minimum Gasteiger partial charge on any atom is -0.486 e. The van der Waals surface area contributed by atoms with E-state index in [1.165, 1.54) is 0 Å². The van der Waals surface area contributed by atoms with Crippen LogP contribution in [0.1, 0.15) is 10.5 Å². The number of aromatic nitrogens is 2. The molecule has 1 amide bonds. The van der Waals surface area contributed by atoms with Crippen molar-refractivity contribution in [2.75, 3.05) is 57.9 Å². The van der Waals surface area contributed by atoms with Gasteiger partial charge in [-0.25, -0.2) is 9.97 Å². The predicted molar refractivity (Wildman–Crippen MR) is 102 cm³/mol. The van der Waals surface area contributed by atoms with Gasteiger partial charge in [0.1, 0.15) is 18.9 Å². The molecule has 0 radical (unpaired) electrons. The van der Waals surface area contributed by atoms with Gasteiger partial charge in [-0.1, -0.05) is 0 Å². The van der Waals surface area contributed by atoms with E-state index in [9.17, 15) is 4.79 Å². The number of rotatable bonds is 6. The molecule has 9 nitrogen and oxygen atoms in total. The highest BCUT2D eigenvalue weighted by atomic mass is 16.6. The fraction of sp³-hybridized carbons (Fsp3) is 0.421. The minimum absolute atomic E-state index is 0.221. The number of fused-ring (bicyclic) bond motifs is 1. The number of benzene rings is 1. The van der Waals surface area contributed by atoms with Crippen molar-refractivity contribution in [1.82, 2.24) is 20.2 Å². The molecule has 1 fully saturated rings. The quantitative estimate of drug-likeness (QED) is 0.762. The normalized spacial score (nSPS) is 16.4. The summed E-state index contributed by atoms with van der Waals surface area (Å²) in [4.78, 5) is 23.1. The lowest BCUT2D eigenvalue weighted by Gasteiger charge is -2.26. The number of carbonyl (C=O) groups excluding carboxylic acids is 1. The zero-order valence-corrected chi connectivity index (χ0v) is 15.5. The van der Waals surface area contributed by atoms with Crippen LogP contribution in [0.15, 0.2) is 30.5 Å². The number of nitrogens with zero attached hydrogens (tertiary/aromatic N) is 3. The molecular weight excluding hydrogens is 362 g/mol. The van der Waals surface area contributed by atoms with E-state index in [4.69, 9.17) is 14.2 Å². The van der Waals surface area contributed by atoms with Gasteiger partial charge in [0, 0.05) is 44.1 Å². The average Bonchev–Trinajstić information content (AvgIpc) is 2.74. The van der Waals surface area contributed by atoms with Crippen molar-refractivity contribution in [1.29, 1.82) is 0 Å². The number of morpholine rings is 1. The molecule has 0 atom stereocenters. The third kappa shape index (κ3) is 4.68. The van der Waals surface area contributed by atoms with E-state index in [-0.39, 0.29) is 5.91 Å². The summed E-state index contributed by atoms with van der Waals surface area (Å²) in [6.45, 7) is 5.71. The Balaban J connectivity index is 1.34. The molecule has 2 aliphatic heterocycles. The second-order valence-electron chi connectivity index (χ2n) is 6.46. The summed E-state index contributed by atoms with van der Waals surface area (Å²) in [5, 5.41) is 6.00. The van der Waals surface area contributed by atoms with Crippen molar-refractivity contribution < 1.29 is 19.0 Å². The van der Waals surface area contributed by atoms with Gasteiger partial charge >= 0.3 is 0 Å². The van der Waals surface area contributed by atoms with E-state index in [1.54, 1.807) is 12.3 Å². The van der Waals surface area contributed by atoms with E-state index >= 15 is 0 Å². The van der Waals surface area contributed by atoms with Crippen LogP contribution in [-0.2, 0) is 4.74 Å². The van der Waals surface area contributed by atoms with Gasteiger partial charge in [0.05, 0.1) is 13.2 Å². The van der Waals surface area contributed by atoms with Crippen LogP contribution in [0.3, 0.4) is 0 Å². The van der Waals surface area contributed by atoms with Crippen LogP contribution in [0, 0.1) is 0 Å². The van der Waals surface area contributed by atoms with Gasteiger partial charge in [-0.15, -0.1) is 0 Å². The average molecular weight is 385 g/mol. The maximum atomic E-state index is 12.4. The molecule has 2 aromatic rings. The van der Waals surface area contributed by atoms with E-state index in [2.05, 4.69) is 25.5 Å². The molecule has 1 aromatic heterocycles. The Labute approximate surface area is 163 Å². The van der Waals surface area contributed by atoms with Gasteiger partial charge < -0.3 is 24.8 Å². The molecule has 0 saturated carbocycles. The summed E-state index contributed by atoms with van der Waals surface area (Å²) in [7, 11) is 0. The van der Waals surface area contributed by atoms with Crippen LogP contribution in [0.4, 0.5) is 11.6 Å². The summed E-state index contributed by atoms with van der Waals surface area (Å²) in [5.74, 6) is 1.51. The maximum Gasteiger partial charge on any atom is 0.270 e. The SMILES string of the molecule is O=C(NCCN1CCOCC1)c1ccnc(Nc2ccc3c(c2)OCCO3)n1. The Morgan fingerprint density at radius 3 is 2.75 bits per heavy atom. The Hall–Kier alpha value is -2.91. The van der Waals surface area contributed by atoms with E-state index in [1.807, 2.05) is 18.2 Å². The standard InChI is InChI=1S/C19H23N5O4/c25-18(20-5-6-24-7-9-26-10-8-24)15-3-4-21-19(23-15)22-14-1-2-16-17(13-14)28-12-11-27-16/h1-4,13H,5-12H2,(H,20,25)(H,21,22,23). The number of nitrogens with one attached hydrogen (secondary N) is 2. The number of carbonyl (C=O) groups is 1. The Morgan fingerprint density at radius 2 is 1.89 bits per heavy atom. The Bertz CT molecular complexity index is 826. The smallest absolute Gasteiger partial charge is 0.270 e. The van der Waals surface area contributed by atoms with Crippen LogP contribution in [0.5, 0.6) is 11.5 Å². The lowest BCUT2D eigenvalue weighted by molar-refractivity contribution is 0.0383. The second-order valence-corrected chi connectivity index (χ2v) is 6.46. The van der Waals surface area contributed by atoms with Gasteiger partial charge in [0.15, 0.2) is 11.5 Å². The second kappa shape index (κ2) is 8.85. The molecule has 3 heterocycles. The molecule has 0 bridgehead atoms. The molecule has 1 saturated heterocycles. The third-order valence-corrected chi connectivity index (χ3v) is 4.50. The predicted octanol–water partition coefficient (Wildman–Crippen LogP) is 1.05. The monoisotopic (exact) mass is 385 g/mol. The van der Waals surface area contributed by atoms with Crippen LogP contribution in [0.2, 0.25) is 0 Å². The number of amides is 1. The number of hydrogen-bond acceptors (Lipinski definition) is 8. The van der Waals surface area contributed by atoms with Crippen molar-refractivity contribution in [3.8, 4) is 11.5 Å². The van der Waals surface area contributed by atoms with Crippen LogP contribution in [-0.4, -0.2) is 73.4 Å². The summed E-state index contributed by atoms with van der Waals surface area (Å²) in [6.07, 6.45) is 1.56. The summed E-state index contributed by atoms with van der Waals surface area (Å²) >= 11 is 0. The molecule has 4 rings (SSSR count). The Kier molecular flexibility index (Phi) is 5.83. The number of ether oxygens (including phenoxy) is 3. The van der Waals surface area contributed by atoms with Crippen LogP contribution < -0.4 is 20.1 Å². The third-order valence-electron chi connectivity index (χ3n) is 4.50. The molecule has 148 valence electrons. The summed E-state index contributed by atoms with van der Waals surface area (Å²) in [6, 6.07) is 7.11. The molecule has 28 heavy (non-hydrogen) atoms. The highest BCUT2D eigenvalue weighted by Gasteiger charge is 2.14. The first-order valence-electron chi connectivity index (χ1n) is 9.36. The Morgan fingerprint density at radius 1 is 1.07 bits per heavy atom. The zero-order chi connectivity index (χ0) is 19.2. The molecule has 0 spiro atoms. The molecule has 2 N–H and O–H groups in total. The largest absolute Gasteiger partial charge is 0.486 e. The van der Waals surface area contributed by atoms with Crippen LogP contribution >= 0.6 is 0 Å². The summed E-state index contributed by atoms with van der Waals surface area (Å²) in [5.41, 5.74) is 1.08. The molecule has 2 aliphatic rings. The summed E-state index contributed by atoms with van der Waals surface area (Å²) < 4.78 is 16.4. The fourth-order valence-electron chi connectivity index (χ4n) is 3.04. The van der Waals surface area contributed by atoms with Crippen molar-refractivity contribution in [2.24, 2.45) is 0 Å². The van der Waals surface area contributed by atoms with Gasteiger partial charge in [0.2, 0.25) is 5.95 Å². The van der Waals surface area contributed by atoms with Gasteiger partial charge in [-0.3, -0.25) is 9.69 Å². The lowest BCUT2D eigenvalue weighted by atomic mass is 10.2. The highest BCUT2D eigenvalue weighted by molar-refractivity contribution is 5.92.